The maximum atomic E-state index is 13.3. The van der Waals surface area contributed by atoms with Crippen LogP contribution in [0.4, 0.5) is 14.5 Å². The number of halogens is 2. The fourth-order valence-electron chi connectivity index (χ4n) is 4.35. The van der Waals surface area contributed by atoms with Crippen LogP contribution in [0.15, 0.2) is 22.8 Å². The monoisotopic (exact) mass is 446 g/mol. The first-order chi connectivity index (χ1) is 15.1. The molecule has 2 unspecified atom stereocenters. The van der Waals surface area contributed by atoms with E-state index in [2.05, 4.69) is 30.2 Å². The summed E-state index contributed by atoms with van der Waals surface area (Å²) in [6, 6.07) is 0. The smallest absolute Gasteiger partial charge is 0.255 e. The van der Waals surface area contributed by atoms with E-state index >= 15 is 0 Å². The van der Waals surface area contributed by atoms with Crippen molar-refractivity contribution < 1.29 is 18.4 Å². The van der Waals surface area contributed by atoms with Crippen LogP contribution in [0.25, 0.3) is 0 Å². The lowest BCUT2D eigenvalue weighted by Crippen LogP contribution is -2.46. The zero-order valence-electron chi connectivity index (χ0n) is 19.0. The Balaban J connectivity index is 1.43. The number of hydrogen-bond donors (Lipinski definition) is 2. The quantitative estimate of drug-likeness (QED) is 0.636. The van der Waals surface area contributed by atoms with Gasteiger partial charge in [-0.15, -0.1) is 0 Å². The number of nitrogens with zero attached hydrogens (tertiary/aromatic N) is 2. The third-order valence-electron chi connectivity index (χ3n) is 7.10. The Kier molecular flexibility index (Phi) is 6.23. The van der Waals surface area contributed by atoms with Crippen LogP contribution in [0.2, 0.25) is 0 Å². The zero-order chi connectivity index (χ0) is 23.0. The van der Waals surface area contributed by atoms with Gasteiger partial charge in [0, 0.05) is 49.5 Å². The highest BCUT2D eigenvalue weighted by Crippen LogP contribution is 2.41. The minimum absolute atomic E-state index is 0.0109. The van der Waals surface area contributed by atoms with E-state index < -0.39 is 11.8 Å². The van der Waals surface area contributed by atoms with Crippen molar-refractivity contribution in [2.75, 3.05) is 19.6 Å². The number of amides is 2. The van der Waals surface area contributed by atoms with Gasteiger partial charge in [0.05, 0.1) is 17.8 Å². The highest BCUT2D eigenvalue weighted by Gasteiger charge is 2.36. The molecule has 2 amide bonds. The maximum Gasteiger partial charge on any atom is 0.255 e. The van der Waals surface area contributed by atoms with E-state index in [4.69, 9.17) is 4.99 Å². The molecule has 1 aromatic rings. The van der Waals surface area contributed by atoms with Gasteiger partial charge >= 0.3 is 0 Å². The molecular weight excluding hydrogens is 414 g/mol. The fraction of sp³-hybridized carbons (Fsp3) is 0.625. The van der Waals surface area contributed by atoms with Gasteiger partial charge in [0.25, 0.3) is 11.8 Å². The molecule has 1 aliphatic heterocycles. The van der Waals surface area contributed by atoms with Crippen LogP contribution < -0.4 is 5.32 Å². The average Bonchev–Trinajstić information content (AvgIpc) is 3.54. The number of aromatic nitrogens is 1. The van der Waals surface area contributed by atoms with Crippen LogP contribution in [0.5, 0.6) is 0 Å². The third-order valence-corrected chi connectivity index (χ3v) is 7.10. The number of allylic oxidation sites excluding steroid dienone is 2. The molecule has 2 aliphatic carbocycles. The molecule has 0 radical (unpaired) electrons. The highest BCUT2D eigenvalue weighted by atomic mass is 19.3. The molecule has 0 bridgehead atoms. The molecule has 0 spiro atoms. The first-order valence-electron chi connectivity index (χ1n) is 11.6. The van der Waals surface area contributed by atoms with Crippen molar-refractivity contribution in [1.29, 1.82) is 0 Å². The number of rotatable bonds is 6. The Hall–Kier alpha value is -2.51. The molecule has 3 aliphatic rings. The number of aliphatic imine (C=N–C) groups is 1. The molecule has 174 valence electrons. The standard InChI is InChI=1S/C24H32F2N4O2/c1-14-10-18(15(14)2)11-20(17-4-5-17)29-22-16(3)27-12-19(22)23(32)28-13-21(31)30-8-6-24(25,26)7-9-30/h11-12,14-15,17,27H,4-10,13H2,1-3H3,(H,28,32)/b18-11+,29-20?. The van der Waals surface area contributed by atoms with E-state index in [1.807, 2.05) is 6.92 Å². The van der Waals surface area contributed by atoms with E-state index in [1.54, 1.807) is 6.20 Å². The number of hydrogen-bond acceptors (Lipinski definition) is 3. The summed E-state index contributed by atoms with van der Waals surface area (Å²) in [6.45, 7) is 6.18. The predicted molar refractivity (Wildman–Crippen MR) is 119 cm³/mol. The molecule has 1 saturated heterocycles. The number of carbonyl (C=O) groups is 2. The lowest BCUT2D eigenvalue weighted by Gasteiger charge is -2.34. The normalized spacial score (nSPS) is 26.7. The average molecular weight is 447 g/mol. The van der Waals surface area contributed by atoms with E-state index in [0.717, 1.165) is 30.7 Å². The van der Waals surface area contributed by atoms with Gasteiger partial charge < -0.3 is 15.2 Å². The number of aryl methyl sites for hydroxylation is 1. The molecule has 2 atom stereocenters. The van der Waals surface area contributed by atoms with E-state index in [1.165, 1.54) is 10.5 Å². The van der Waals surface area contributed by atoms with Crippen LogP contribution in [-0.2, 0) is 4.79 Å². The van der Waals surface area contributed by atoms with Gasteiger partial charge in [-0.05, 0) is 44.1 Å². The molecular formula is C24H32F2N4O2. The summed E-state index contributed by atoms with van der Waals surface area (Å²) in [6.07, 6.45) is 6.48. The van der Waals surface area contributed by atoms with Crippen molar-refractivity contribution >= 4 is 23.2 Å². The summed E-state index contributed by atoms with van der Waals surface area (Å²) in [4.78, 5) is 34.5. The van der Waals surface area contributed by atoms with E-state index in [-0.39, 0.29) is 38.4 Å². The summed E-state index contributed by atoms with van der Waals surface area (Å²) in [7, 11) is 0. The third kappa shape index (κ3) is 4.94. The van der Waals surface area contributed by atoms with Gasteiger partial charge in [-0.1, -0.05) is 19.4 Å². The Morgan fingerprint density at radius 3 is 2.56 bits per heavy atom. The highest BCUT2D eigenvalue weighted by molar-refractivity contribution is 6.05. The Bertz CT molecular complexity index is 951. The Morgan fingerprint density at radius 1 is 1.28 bits per heavy atom. The fourth-order valence-corrected chi connectivity index (χ4v) is 4.35. The maximum absolute atomic E-state index is 13.3. The summed E-state index contributed by atoms with van der Waals surface area (Å²) in [5.41, 5.74) is 4.24. The molecule has 4 rings (SSSR count). The van der Waals surface area contributed by atoms with Crippen molar-refractivity contribution in [3.63, 3.8) is 0 Å². The largest absolute Gasteiger partial charge is 0.363 e. The van der Waals surface area contributed by atoms with Gasteiger partial charge in [-0.3, -0.25) is 14.6 Å². The molecule has 1 aromatic heterocycles. The van der Waals surface area contributed by atoms with Crippen molar-refractivity contribution in [1.82, 2.24) is 15.2 Å². The molecule has 2 heterocycles. The lowest BCUT2D eigenvalue weighted by molar-refractivity contribution is -0.136. The number of likely N-dealkylation sites (tertiary alicyclic amines) is 1. The second-order valence-corrected chi connectivity index (χ2v) is 9.60. The molecule has 6 nitrogen and oxygen atoms in total. The summed E-state index contributed by atoms with van der Waals surface area (Å²) in [5, 5.41) is 2.64. The van der Waals surface area contributed by atoms with Gasteiger partial charge in [0.2, 0.25) is 5.91 Å². The first kappa shape index (κ1) is 22.7. The van der Waals surface area contributed by atoms with Crippen LogP contribution in [0.1, 0.15) is 62.0 Å². The predicted octanol–water partition coefficient (Wildman–Crippen LogP) is 4.40. The summed E-state index contributed by atoms with van der Waals surface area (Å²) < 4.78 is 26.6. The minimum Gasteiger partial charge on any atom is -0.363 e. The van der Waals surface area contributed by atoms with Gasteiger partial charge in [-0.25, -0.2) is 8.78 Å². The zero-order valence-corrected chi connectivity index (χ0v) is 19.0. The lowest BCUT2D eigenvalue weighted by atomic mass is 9.71. The topological polar surface area (TPSA) is 77.6 Å². The second-order valence-electron chi connectivity index (χ2n) is 9.60. The summed E-state index contributed by atoms with van der Waals surface area (Å²) >= 11 is 0. The van der Waals surface area contributed by atoms with E-state index in [0.29, 0.717) is 29.0 Å². The van der Waals surface area contributed by atoms with Crippen LogP contribution in [0.3, 0.4) is 0 Å². The first-order valence-corrected chi connectivity index (χ1v) is 11.6. The number of piperidine rings is 1. The van der Waals surface area contributed by atoms with Crippen molar-refractivity contribution in [2.24, 2.45) is 22.7 Å². The van der Waals surface area contributed by atoms with E-state index in [9.17, 15) is 18.4 Å². The van der Waals surface area contributed by atoms with Crippen LogP contribution in [-0.4, -0.2) is 53.0 Å². The van der Waals surface area contributed by atoms with Gasteiger partial charge in [0.15, 0.2) is 0 Å². The van der Waals surface area contributed by atoms with Gasteiger partial charge in [-0.2, -0.15) is 0 Å². The Labute approximate surface area is 187 Å². The minimum atomic E-state index is -2.71. The van der Waals surface area contributed by atoms with Crippen LogP contribution in [0, 0.1) is 24.7 Å². The van der Waals surface area contributed by atoms with Crippen molar-refractivity contribution in [3.8, 4) is 0 Å². The number of carbonyl (C=O) groups excluding carboxylic acids is 2. The van der Waals surface area contributed by atoms with Crippen LogP contribution >= 0.6 is 0 Å². The molecule has 3 fully saturated rings. The molecule has 32 heavy (non-hydrogen) atoms. The SMILES string of the molecule is Cc1[nH]cc(C(=O)NCC(=O)N2CCC(F)(F)CC2)c1N=C(/C=C1\CC(C)C1C)C1CC1. The van der Waals surface area contributed by atoms with Crippen molar-refractivity contribution in [3.05, 3.63) is 29.1 Å². The molecule has 0 aromatic carbocycles. The van der Waals surface area contributed by atoms with Gasteiger partial charge in [0.1, 0.15) is 0 Å². The number of nitrogens with one attached hydrogen (secondary N) is 2. The molecule has 2 N–H and O–H groups in total. The van der Waals surface area contributed by atoms with Crippen molar-refractivity contribution in [2.45, 2.75) is 58.8 Å². The Morgan fingerprint density at radius 2 is 1.97 bits per heavy atom. The number of aromatic amines is 1. The second kappa shape index (κ2) is 8.79. The number of alkyl halides is 2. The number of H-pyrrole nitrogens is 1. The summed E-state index contributed by atoms with van der Waals surface area (Å²) in [5.74, 6) is -1.75. The molecule has 8 heteroatoms. The molecule has 2 saturated carbocycles.